The molecule has 0 spiro atoms. The summed E-state index contributed by atoms with van der Waals surface area (Å²) in [7, 11) is 0. The SMILES string of the molecule is CC(C)[NH+]=C(CCCN1C(=O)c2ccccc2C1=O)C1=C(O)CC(C)(C)CC1=O. The standard InChI is InChI=1S/C23H28N2O4/c1-14(2)24-17(20-18(26)12-23(3,4)13-19(20)27)10-7-11-25-21(28)15-8-5-6-9-16(15)22(25)29/h5-6,8-9,14,26H,7,10-13H2,1-4H3/p+1. The van der Waals surface area contributed by atoms with Gasteiger partial charge in [0.15, 0.2) is 11.5 Å². The number of carbonyl (C=O) groups is 3. The van der Waals surface area contributed by atoms with Gasteiger partial charge in [0.25, 0.3) is 11.8 Å². The minimum atomic E-state index is -0.276. The number of allylic oxidation sites excluding steroid dienone is 2. The second kappa shape index (κ2) is 7.93. The van der Waals surface area contributed by atoms with Gasteiger partial charge in [-0.3, -0.25) is 19.3 Å². The molecule has 3 rings (SSSR count). The van der Waals surface area contributed by atoms with Gasteiger partial charge in [-0.05, 0) is 37.8 Å². The lowest BCUT2D eigenvalue weighted by molar-refractivity contribution is -0.494. The zero-order chi connectivity index (χ0) is 21.3. The summed E-state index contributed by atoms with van der Waals surface area (Å²) in [4.78, 5) is 42.3. The van der Waals surface area contributed by atoms with Gasteiger partial charge in [-0.25, -0.2) is 4.99 Å². The van der Waals surface area contributed by atoms with Crippen LogP contribution in [0, 0.1) is 5.41 Å². The number of ketones is 1. The highest BCUT2D eigenvalue weighted by Gasteiger charge is 2.38. The fraction of sp³-hybridized carbons (Fsp3) is 0.478. The van der Waals surface area contributed by atoms with Crippen LogP contribution < -0.4 is 4.99 Å². The fourth-order valence-electron chi connectivity index (χ4n) is 4.10. The molecule has 0 atom stereocenters. The van der Waals surface area contributed by atoms with E-state index in [1.807, 2.05) is 27.7 Å². The molecule has 1 aliphatic carbocycles. The molecule has 0 fully saturated rings. The van der Waals surface area contributed by atoms with Crippen molar-refractivity contribution in [2.45, 2.75) is 59.4 Å². The third-order valence-electron chi connectivity index (χ3n) is 5.30. The lowest BCUT2D eigenvalue weighted by Gasteiger charge is -2.29. The molecule has 154 valence electrons. The largest absolute Gasteiger partial charge is 0.511 e. The molecule has 0 unspecified atom stereocenters. The number of carbonyl (C=O) groups excluding carboxylic acids is 3. The van der Waals surface area contributed by atoms with Crippen molar-refractivity contribution in [1.29, 1.82) is 0 Å². The maximum atomic E-state index is 12.7. The average molecular weight is 397 g/mol. The van der Waals surface area contributed by atoms with Crippen molar-refractivity contribution < 1.29 is 24.5 Å². The molecule has 1 heterocycles. The zero-order valence-electron chi connectivity index (χ0n) is 17.5. The smallest absolute Gasteiger partial charge is 0.261 e. The third kappa shape index (κ3) is 4.31. The first-order valence-electron chi connectivity index (χ1n) is 10.1. The predicted octanol–water partition coefficient (Wildman–Crippen LogP) is 2.19. The normalized spacial score (nSPS) is 19.4. The Bertz CT molecular complexity index is 890. The number of Topliss-reactive ketones (excluding diaryl/α,β-unsaturated/α-hetero) is 1. The number of benzene rings is 1. The van der Waals surface area contributed by atoms with Crippen molar-refractivity contribution in [3.05, 3.63) is 46.7 Å². The quantitative estimate of drug-likeness (QED) is 0.569. The first-order chi connectivity index (χ1) is 13.6. The van der Waals surface area contributed by atoms with Gasteiger partial charge in [-0.1, -0.05) is 26.0 Å². The molecule has 6 heteroatoms. The number of nitrogens with zero attached hydrogens (tertiary/aromatic N) is 1. The molecule has 0 bridgehead atoms. The van der Waals surface area contributed by atoms with E-state index in [4.69, 9.17) is 0 Å². The Labute approximate surface area is 171 Å². The molecular formula is C23H29N2O4+. The monoisotopic (exact) mass is 397 g/mol. The van der Waals surface area contributed by atoms with Gasteiger partial charge in [0.1, 0.15) is 17.4 Å². The Morgan fingerprint density at radius 2 is 1.69 bits per heavy atom. The maximum absolute atomic E-state index is 12.7. The van der Waals surface area contributed by atoms with Crippen LogP contribution in [0.4, 0.5) is 0 Å². The summed E-state index contributed by atoms with van der Waals surface area (Å²) in [5.41, 5.74) is 1.68. The van der Waals surface area contributed by atoms with Crippen LogP contribution in [0.15, 0.2) is 35.6 Å². The lowest BCUT2D eigenvalue weighted by Crippen LogP contribution is -2.78. The van der Waals surface area contributed by atoms with Crippen LogP contribution >= 0.6 is 0 Å². The van der Waals surface area contributed by atoms with E-state index in [9.17, 15) is 19.5 Å². The van der Waals surface area contributed by atoms with Crippen molar-refractivity contribution >= 4 is 23.3 Å². The molecule has 0 saturated carbocycles. The van der Waals surface area contributed by atoms with E-state index < -0.39 is 0 Å². The molecular weight excluding hydrogens is 368 g/mol. The Hall–Kier alpha value is -2.76. The lowest BCUT2D eigenvalue weighted by atomic mass is 9.75. The van der Waals surface area contributed by atoms with Crippen molar-refractivity contribution in [3.8, 4) is 0 Å². The Balaban J connectivity index is 1.75. The van der Waals surface area contributed by atoms with Crippen LogP contribution in [0.2, 0.25) is 0 Å². The number of rotatable bonds is 6. The topological polar surface area (TPSA) is 88.7 Å². The van der Waals surface area contributed by atoms with Gasteiger partial charge in [-0.15, -0.1) is 0 Å². The molecule has 2 amide bonds. The minimum Gasteiger partial charge on any atom is -0.511 e. The number of nitrogens with one attached hydrogen (secondary N) is 1. The maximum Gasteiger partial charge on any atom is 0.261 e. The Kier molecular flexibility index (Phi) is 5.73. The number of imide groups is 1. The van der Waals surface area contributed by atoms with Gasteiger partial charge >= 0.3 is 0 Å². The van der Waals surface area contributed by atoms with E-state index in [2.05, 4.69) is 4.99 Å². The number of hydrogen-bond donors (Lipinski definition) is 2. The molecule has 6 nitrogen and oxygen atoms in total. The van der Waals surface area contributed by atoms with Gasteiger partial charge in [0.2, 0.25) is 0 Å². The summed E-state index contributed by atoms with van der Waals surface area (Å²) in [6.07, 6.45) is 1.81. The fourth-order valence-corrected chi connectivity index (χ4v) is 4.10. The second-order valence-corrected chi connectivity index (χ2v) is 8.95. The van der Waals surface area contributed by atoms with E-state index in [1.165, 1.54) is 4.90 Å². The van der Waals surface area contributed by atoms with Crippen molar-refractivity contribution in [2.24, 2.45) is 5.41 Å². The van der Waals surface area contributed by atoms with Gasteiger partial charge in [0, 0.05) is 25.8 Å². The predicted molar refractivity (Wildman–Crippen MR) is 110 cm³/mol. The highest BCUT2D eigenvalue weighted by molar-refractivity contribution is 6.22. The van der Waals surface area contributed by atoms with Crippen LogP contribution in [-0.2, 0) is 4.79 Å². The van der Waals surface area contributed by atoms with Crippen LogP contribution in [0.5, 0.6) is 0 Å². The number of hydrogen-bond acceptors (Lipinski definition) is 4. The molecule has 2 N–H and O–H groups in total. The zero-order valence-corrected chi connectivity index (χ0v) is 17.5. The van der Waals surface area contributed by atoms with Gasteiger partial charge in [0.05, 0.1) is 11.1 Å². The number of aliphatic hydroxyl groups excluding tert-OH is 1. The summed E-state index contributed by atoms with van der Waals surface area (Å²) in [6, 6.07) is 6.92. The molecule has 0 saturated heterocycles. The summed E-state index contributed by atoms with van der Waals surface area (Å²) >= 11 is 0. The highest BCUT2D eigenvalue weighted by Crippen LogP contribution is 2.36. The number of aliphatic hydroxyl groups is 1. The van der Waals surface area contributed by atoms with Gasteiger partial charge < -0.3 is 5.11 Å². The Morgan fingerprint density at radius 1 is 1.10 bits per heavy atom. The summed E-state index contributed by atoms with van der Waals surface area (Å²) in [6.45, 7) is 8.15. The molecule has 0 radical (unpaired) electrons. The first kappa shape index (κ1) is 21.0. The van der Waals surface area contributed by atoms with Crippen LogP contribution in [0.1, 0.15) is 74.1 Å². The van der Waals surface area contributed by atoms with E-state index in [0.29, 0.717) is 48.1 Å². The molecule has 1 aliphatic heterocycles. The van der Waals surface area contributed by atoms with Crippen LogP contribution in [-0.4, -0.2) is 45.9 Å². The molecule has 0 aromatic heterocycles. The third-order valence-corrected chi connectivity index (χ3v) is 5.30. The molecule has 29 heavy (non-hydrogen) atoms. The van der Waals surface area contributed by atoms with E-state index >= 15 is 0 Å². The summed E-state index contributed by atoms with van der Waals surface area (Å²) in [5, 5.41) is 10.6. The van der Waals surface area contributed by atoms with Crippen LogP contribution in [0.25, 0.3) is 0 Å². The molecule has 2 aliphatic rings. The number of fused-ring (bicyclic) bond motifs is 1. The minimum absolute atomic E-state index is 0.0670. The van der Waals surface area contributed by atoms with E-state index in [-0.39, 0.29) is 41.4 Å². The summed E-state index contributed by atoms with van der Waals surface area (Å²) < 4.78 is 0. The van der Waals surface area contributed by atoms with E-state index in [0.717, 1.165) is 0 Å². The Morgan fingerprint density at radius 3 is 2.21 bits per heavy atom. The van der Waals surface area contributed by atoms with E-state index in [1.54, 1.807) is 24.3 Å². The molecule has 1 aromatic carbocycles. The highest BCUT2D eigenvalue weighted by atomic mass is 16.3. The first-order valence-corrected chi connectivity index (χ1v) is 10.1. The van der Waals surface area contributed by atoms with Crippen molar-refractivity contribution in [2.75, 3.05) is 6.54 Å². The van der Waals surface area contributed by atoms with Gasteiger partial charge in [-0.2, -0.15) is 0 Å². The average Bonchev–Trinajstić information content (AvgIpc) is 2.84. The van der Waals surface area contributed by atoms with Crippen molar-refractivity contribution in [3.63, 3.8) is 0 Å². The van der Waals surface area contributed by atoms with Crippen LogP contribution in [0.3, 0.4) is 0 Å². The van der Waals surface area contributed by atoms with Crippen molar-refractivity contribution in [1.82, 2.24) is 4.90 Å². The molecule has 1 aromatic rings. The number of amides is 2. The second-order valence-electron chi connectivity index (χ2n) is 8.95. The summed E-state index contributed by atoms with van der Waals surface area (Å²) in [5.74, 6) is -0.499.